The molecule has 1 amide bonds. The highest BCUT2D eigenvalue weighted by molar-refractivity contribution is 5.73. The average molecular weight is 227 g/mol. The van der Waals surface area contributed by atoms with Gasteiger partial charge < -0.3 is 11.5 Å². The maximum Gasteiger partial charge on any atom is 0.218 e. The first-order valence-electron chi connectivity index (χ1n) is 6.41. The second kappa shape index (κ2) is 6.86. The molecule has 1 saturated carbocycles. The third-order valence-electron chi connectivity index (χ3n) is 3.41. The molecule has 0 spiro atoms. The van der Waals surface area contributed by atoms with Crippen LogP contribution in [0.1, 0.15) is 45.4 Å². The monoisotopic (exact) mass is 227 g/mol. The summed E-state index contributed by atoms with van der Waals surface area (Å²) in [6.45, 7) is 4.04. The average Bonchev–Trinajstić information content (AvgIpc) is 2.25. The Balaban J connectivity index is 2.39. The van der Waals surface area contributed by atoms with Crippen molar-refractivity contribution in [1.82, 2.24) is 4.90 Å². The molecule has 16 heavy (non-hydrogen) atoms. The number of primary amides is 1. The maximum absolute atomic E-state index is 10.8. The van der Waals surface area contributed by atoms with Gasteiger partial charge in [-0.1, -0.05) is 6.92 Å². The Hall–Kier alpha value is -0.610. The zero-order valence-corrected chi connectivity index (χ0v) is 10.3. The van der Waals surface area contributed by atoms with Gasteiger partial charge in [0.05, 0.1) is 0 Å². The van der Waals surface area contributed by atoms with Crippen molar-refractivity contribution in [3.05, 3.63) is 0 Å². The molecule has 0 aromatic heterocycles. The topological polar surface area (TPSA) is 72.3 Å². The first-order valence-corrected chi connectivity index (χ1v) is 6.41. The summed E-state index contributed by atoms with van der Waals surface area (Å²) in [7, 11) is 0. The Bertz CT molecular complexity index is 212. The fraction of sp³-hybridized carbons (Fsp3) is 0.917. The van der Waals surface area contributed by atoms with Crippen LogP contribution in [0.25, 0.3) is 0 Å². The Morgan fingerprint density at radius 3 is 2.38 bits per heavy atom. The standard InChI is InChI=1S/C12H25N3O/c1-2-8-15(9-7-12(14)16)11-5-3-10(13)4-6-11/h10-11H,2-9,13H2,1H3,(H2,14,16). The molecule has 0 unspecified atom stereocenters. The fourth-order valence-electron chi connectivity index (χ4n) is 2.48. The summed E-state index contributed by atoms with van der Waals surface area (Å²) in [6, 6.07) is 0.995. The minimum absolute atomic E-state index is 0.200. The molecule has 1 fully saturated rings. The van der Waals surface area contributed by atoms with Crippen molar-refractivity contribution in [2.45, 2.75) is 57.5 Å². The predicted octanol–water partition coefficient (Wildman–Crippen LogP) is 0.844. The first kappa shape index (κ1) is 13.5. The second-order valence-corrected chi connectivity index (χ2v) is 4.82. The minimum Gasteiger partial charge on any atom is -0.370 e. The molecule has 1 aliphatic carbocycles. The van der Waals surface area contributed by atoms with Crippen molar-refractivity contribution in [2.75, 3.05) is 13.1 Å². The van der Waals surface area contributed by atoms with E-state index in [9.17, 15) is 4.79 Å². The van der Waals surface area contributed by atoms with Gasteiger partial charge in [-0.25, -0.2) is 0 Å². The lowest BCUT2D eigenvalue weighted by Gasteiger charge is -2.35. The van der Waals surface area contributed by atoms with Gasteiger partial charge in [-0.3, -0.25) is 9.69 Å². The SMILES string of the molecule is CCCN(CCC(N)=O)C1CCC(N)CC1. The Morgan fingerprint density at radius 2 is 1.88 bits per heavy atom. The van der Waals surface area contributed by atoms with Gasteiger partial charge in [0.2, 0.25) is 5.91 Å². The lowest BCUT2D eigenvalue weighted by atomic mass is 9.90. The number of hydrogen-bond acceptors (Lipinski definition) is 3. The van der Waals surface area contributed by atoms with Crippen LogP contribution in [0.3, 0.4) is 0 Å². The van der Waals surface area contributed by atoms with E-state index < -0.39 is 0 Å². The summed E-state index contributed by atoms with van der Waals surface area (Å²) >= 11 is 0. The second-order valence-electron chi connectivity index (χ2n) is 4.82. The zero-order valence-electron chi connectivity index (χ0n) is 10.3. The number of carbonyl (C=O) groups is 1. The summed E-state index contributed by atoms with van der Waals surface area (Å²) in [5, 5.41) is 0. The zero-order chi connectivity index (χ0) is 12.0. The molecule has 0 aromatic rings. The lowest BCUT2D eigenvalue weighted by Crippen LogP contribution is -2.42. The molecule has 0 heterocycles. The molecular formula is C12H25N3O. The van der Waals surface area contributed by atoms with Gasteiger partial charge in [0.15, 0.2) is 0 Å². The molecule has 0 bridgehead atoms. The molecule has 1 aliphatic rings. The van der Waals surface area contributed by atoms with Crippen LogP contribution in [0.15, 0.2) is 0 Å². The number of nitrogens with zero attached hydrogens (tertiary/aromatic N) is 1. The van der Waals surface area contributed by atoms with Crippen molar-refractivity contribution in [3.63, 3.8) is 0 Å². The van der Waals surface area contributed by atoms with Crippen LogP contribution in [0, 0.1) is 0 Å². The van der Waals surface area contributed by atoms with Gasteiger partial charge in [-0.15, -0.1) is 0 Å². The molecule has 4 heteroatoms. The highest BCUT2D eigenvalue weighted by Gasteiger charge is 2.23. The van der Waals surface area contributed by atoms with Crippen LogP contribution in [0.5, 0.6) is 0 Å². The van der Waals surface area contributed by atoms with Crippen LogP contribution < -0.4 is 11.5 Å². The smallest absolute Gasteiger partial charge is 0.218 e. The summed E-state index contributed by atoms with van der Waals surface area (Å²) in [5.74, 6) is -0.200. The van der Waals surface area contributed by atoms with E-state index >= 15 is 0 Å². The quantitative estimate of drug-likeness (QED) is 0.706. The lowest BCUT2D eigenvalue weighted by molar-refractivity contribution is -0.118. The normalized spacial score (nSPS) is 25.9. The predicted molar refractivity (Wildman–Crippen MR) is 65.9 cm³/mol. The van der Waals surface area contributed by atoms with Crippen LogP contribution in [0.2, 0.25) is 0 Å². The molecule has 94 valence electrons. The number of carbonyl (C=O) groups excluding carboxylic acids is 1. The van der Waals surface area contributed by atoms with Crippen molar-refractivity contribution in [1.29, 1.82) is 0 Å². The molecule has 0 radical (unpaired) electrons. The molecule has 0 atom stereocenters. The third-order valence-corrected chi connectivity index (χ3v) is 3.41. The summed E-state index contributed by atoms with van der Waals surface area (Å²) in [6.07, 6.45) is 6.16. The summed E-state index contributed by atoms with van der Waals surface area (Å²) in [4.78, 5) is 13.2. The molecular weight excluding hydrogens is 202 g/mol. The summed E-state index contributed by atoms with van der Waals surface area (Å²) < 4.78 is 0. The van der Waals surface area contributed by atoms with Gasteiger partial charge in [0.25, 0.3) is 0 Å². The Kier molecular flexibility index (Phi) is 5.77. The van der Waals surface area contributed by atoms with E-state index in [0.717, 1.165) is 32.4 Å². The van der Waals surface area contributed by atoms with E-state index in [2.05, 4.69) is 11.8 Å². The van der Waals surface area contributed by atoms with Gasteiger partial charge >= 0.3 is 0 Å². The summed E-state index contributed by atoms with van der Waals surface area (Å²) in [5.41, 5.74) is 11.1. The van der Waals surface area contributed by atoms with E-state index in [4.69, 9.17) is 11.5 Å². The van der Waals surface area contributed by atoms with Gasteiger partial charge in [-0.2, -0.15) is 0 Å². The highest BCUT2D eigenvalue weighted by atomic mass is 16.1. The molecule has 4 nitrogen and oxygen atoms in total. The van der Waals surface area contributed by atoms with E-state index in [0.29, 0.717) is 18.5 Å². The van der Waals surface area contributed by atoms with Gasteiger partial charge in [-0.05, 0) is 38.6 Å². The molecule has 4 N–H and O–H groups in total. The van der Waals surface area contributed by atoms with Crippen LogP contribution in [-0.4, -0.2) is 36.0 Å². The van der Waals surface area contributed by atoms with Crippen molar-refractivity contribution in [3.8, 4) is 0 Å². The maximum atomic E-state index is 10.8. The van der Waals surface area contributed by atoms with Crippen LogP contribution in [0.4, 0.5) is 0 Å². The highest BCUT2D eigenvalue weighted by Crippen LogP contribution is 2.22. The number of hydrogen-bond donors (Lipinski definition) is 2. The fourth-order valence-corrected chi connectivity index (χ4v) is 2.48. The van der Waals surface area contributed by atoms with Gasteiger partial charge in [0, 0.05) is 25.0 Å². The number of nitrogens with two attached hydrogens (primary N) is 2. The number of rotatable bonds is 6. The minimum atomic E-state index is -0.200. The largest absolute Gasteiger partial charge is 0.370 e. The van der Waals surface area contributed by atoms with E-state index in [-0.39, 0.29) is 5.91 Å². The van der Waals surface area contributed by atoms with E-state index in [1.807, 2.05) is 0 Å². The Labute approximate surface area is 98.3 Å². The van der Waals surface area contributed by atoms with E-state index in [1.165, 1.54) is 12.8 Å². The third kappa shape index (κ3) is 4.49. The van der Waals surface area contributed by atoms with Crippen LogP contribution in [-0.2, 0) is 4.79 Å². The number of amides is 1. The molecule has 0 aliphatic heterocycles. The molecule has 0 aromatic carbocycles. The van der Waals surface area contributed by atoms with Crippen molar-refractivity contribution >= 4 is 5.91 Å². The van der Waals surface area contributed by atoms with Gasteiger partial charge in [0.1, 0.15) is 0 Å². The van der Waals surface area contributed by atoms with Crippen molar-refractivity contribution in [2.24, 2.45) is 11.5 Å². The van der Waals surface area contributed by atoms with Crippen molar-refractivity contribution < 1.29 is 4.79 Å². The molecule has 0 saturated heterocycles. The van der Waals surface area contributed by atoms with E-state index in [1.54, 1.807) is 0 Å². The first-order chi connectivity index (χ1) is 7.63. The Morgan fingerprint density at radius 1 is 1.25 bits per heavy atom. The van der Waals surface area contributed by atoms with Crippen LogP contribution >= 0.6 is 0 Å². The molecule has 1 rings (SSSR count).